The lowest BCUT2D eigenvalue weighted by atomic mass is 10.3. The molecule has 0 bridgehead atoms. The van der Waals surface area contributed by atoms with E-state index in [4.69, 9.17) is 58.0 Å². The fourth-order valence-corrected chi connectivity index (χ4v) is 2.69. The standard InChI is InChI=1S/C14H9Cl5N2O/c15-7-1-2-12(10(18)3-7)20-6-14(22)21-13-5-9(17)8(16)4-11(13)19/h1-5,20H,6H2,(H,21,22). The van der Waals surface area contributed by atoms with Crippen LogP contribution < -0.4 is 10.6 Å². The molecule has 3 nitrogen and oxygen atoms in total. The van der Waals surface area contributed by atoms with Gasteiger partial charge in [-0.1, -0.05) is 58.0 Å². The number of carbonyl (C=O) groups excluding carboxylic acids is 1. The summed E-state index contributed by atoms with van der Waals surface area (Å²) in [4.78, 5) is 11.9. The molecule has 0 aliphatic heterocycles. The molecule has 1 amide bonds. The summed E-state index contributed by atoms with van der Waals surface area (Å²) in [6.45, 7) is -0.00206. The highest BCUT2D eigenvalue weighted by molar-refractivity contribution is 6.44. The van der Waals surface area contributed by atoms with E-state index in [0.717, 1.165) is 0 Å². The van der Waals surface area contributed by atoms with E-state index in [9.17, 15) is 4.79 Å². The Kier molecular flexibility index (Phi) is 6.07. The van der Waals surface area contributed by atoms with Crippen LogP contribution in [0.4, 0.5) is 11.4 Å². The summed E-state index contributed by atoms with van der Waals surface area (Å²) in [5.74, 6) is -0.314. The van der Waals surface area contributed by atoms with Gasteiger partial charge in [0, 0.05) is 5.02 Å². The molecule has 8 heteroatoms. The quantitative estimate of drug-likeness (QED) is 0.620. The Morgan fingerprint density at radius 1 is 0.818 bits per heavy atom. The number of anilines is 2. The van der Waals surface area contributed by atoms with Crippen molar-refractivity contribution in [2.75, 3.05) is 17.2 Å². The van der Waals surface area contributed by atoms with Crippen molar-refractivity contribution in [2.45, 2.75) is 0 Å². The Bertz CT molecular complexity index is 721. The Labute approximate surface area is 152 Å². The van der Waals surface area contributed by atoms with Gasteiger partial charge >= 0.3 is 0 Å². The number of halogens is 5. The van der Waals surface area contributed by atoms with Gasteiger partial charge in [-0.15, -0.1) is 0 Å². The second-order valence-corrected chi connectivity index (χ2v) is 6.34. The molecule has 0 saturated heterocycles. The zero-order chi connectivity index (χ0) is 16.3. The number of hydrogen-bond acceptors (Lipinski definition) is 2. The molecule has 0 radical (unpaired) electrons. The van der Waals surface area contributed by atoms with E-state index in [-0.39, 0.29) is 12.5 Å². The van der Waals surface area contributed by atoms with Crippen LogP contribution >= 0.6 is 58.0 Å². The summed E-state index contributed by atoms with van der Waals surface area (Å²) in [6.07, 6.45) is 0. The van der Waals surface area contributed by atoms with Crippen LogP contribution in [-0.2, 0) is 4.79 Å². The van der Waals surface area contributed by atoms with Crippen molar-refractivity contribution in [1.82, 2.24) is 0 Å². The topological polar surface area (TPSA) is 41.1 Å². The molecule has 0 atom stereocenters. The largest absolute Gasteiger partial charge is 0.375 e. The van der Waals surface area contributed by atoms with E-state index in [1.807, 2.05) is 0 Å². The van der Waals surface area contributed by atoms with Gasteiger partial charge in [-0.3, -0.25) is 4.79 Å². The van der Waals surface area contributed by atoms with Gasteiger partial charge in [0.15, 0.2) is 0 Å². The lowest BCUT2D eigenvalue weighted by Crippen LogP contribution is -2.22. The van der Waals surface area contributed by atoms with Crippen molar-refractivity contribution in [3.8, 4) is 0 Å². The average molecular weight is 399 g/mol. The molecule has 116 valence electrons. The van der Waals surface area contributed by atoms with Crippen LogP contribution in [0.2, 0.25) is 25.1 Å². The Morgan fingerprint density at radius 3 is 2.14 bits per heavy atom. The number of benzene rings is 2. The number of carbonyl (C=O) groups is 1. The van der Waals surface area contributed by atoms with Crippen molar-refractivity contribution >= 4 is 75.3 Å². The summed E-state index contributed by atoms with van der Waals surface area (Å²) in [6, 6.07) is 7.89. The van der Waals surface area contributed by atoms with Gasteiger partial charge in [0.1, 0.15) is 0 Å². The summed E-state index contributed by atoms with van der Waals surface area (Å²) >= 11 is 29.5. The average Bonchev–Trinajstić information content (AvgIpc) is 2.44. The van der Waals surface area contributed by atoms with E-state index in [1.165, 1.54) is 12.1 Å². The summed E-state index contributed by atoms with van der Waals surface area (Å²) < 4.78 is 0. The molecule has 0 heterocycles. The van der Waals surface area contributed by atoms with Gasteiger partial charge in [-0.25, -0.2) is 0 Å². The second-order valence-electron chi connectivity index (χ2n) is 4.27. The highest BCUT2D eigenvalue weighted by Gasteiger charge is 2.10. The Hall–Kier alpha value is -0.840. The highest BCUT2D eigenvalue weighted by atomic mass is 35.5. The Balaban J connectivity index is 2.00. The minimum absolute atomic E-state index is 0.00206. The zero-order valence-electron chi connectivity index (χ0n) is 10.9. The maximum absolute atomic E-state index is 11.9. The SMILES string of the molecule is O=C(CNc1ccc(Cl)cc1Cl)Nc1cc(Cl)c(Cl)cc1Cl. The van der Waals surface area contributed by atoms with Crippen LogP contribution in [0.3, 0.4) is 0 Å². The molecule has 2 aromatic rings. The number of rotatable bonds is 4. The van der Waals surface area contributed by atoms with E-state index < -0.39 is 0 Å². The monoisotopic (exact) mass is 396 g/mol. The first-order valence-corrected chi connectivity index (χ1v) is 7.89. The number of hydrogen-bond donors (Lipinski definition) is 2. The summed E-state index contributed by atoms with van der Waals surface area (Å²) in [5.41, 5.74) is 0.978. The Morgan fingerprint density at radius 2 is 1.45 bits per heavy atom. The molecule has 0 aromatic heterocycles. The van der Waals surface area contributed by atoms with Crippen LogP contribution in [0, 0.1) is 0 Å². The van der Waals surface area contributed by atoms with Gasteiger partial charge in [0.2, 0.25) is 5.91 Å². The maximum atomic E-state index is 11.9. The first kappa shape index (κ1) is 17.5. The first-order chi connectivity index (χ1) is 10.4. The molecular weight excluding hydrogens is 389 g/mol. The molecule has 2 N–H and O–H groups in total. The van der Waals surface area contributed by atoms with Gasteiger partial charge in [-0.2, -0.15) is 0 Å². The van der Waals surface area contributed by atoms with Crippen molar-refractivity contribution in [2.24, 2.45) is 0 Å². The van der Waals surface area contributed by atoms with Crippen LogP contribution in [0.15, 0.2) is 30.3 Å². The lowest BCUT2D eigenvalue weighted by Gasteiger charge is -2.11. The maximum Gasteiger partial charge on any atom is 0.243 e. The molecule has 0 unspecified atom stereocenters. The number of amides is 1. The first-order valence-electron chi connectivity index (χ1n) is 6.00. The molecule has 0 saturated carbocycles. The molecular formula is C14H9Cl5N2O. The van der Waals surface area contributed by atoms with Gasteiger partial charge < -0.3 is 10.6 Å². The summed E-state index contributed by atoms with van der Waals surface area (Å²) in [7, 11) is 0. The second kappa shape index (κ2) is 7.62. The predicted molar refractivity (Wildman–Crippen MR) is 95.1 cm³/mol. The number of nitrogens with one attached hydrogen (secondary N) is 2. The van der Waals surface area contributed by atoms with Gasteiger partial charge in [0.25, 0.3) is 0 Å². The minimum atomic E-state index is -0.314. The molecule has 22 heavy (non-hydrogen) atoms. The van der Waals surface area contributed by atoms with Crippen molar-refractivity contribution in [1.29, 1.82) is 0 Å². The lowest BCUT2D eigenvalue weighted by molar-refractivity contribution is -0.114. The smallest absolute Gasteiger partial charge is 0.243 e. The predicted octanol–water partition coefficient (Wildman–Crippen LogP) is 6.00. The summed E-state index contributed by atoms with van der Waals surface area (Å²) in [5, 5.41) is 7.39. The molecule has 0 fully saturated rings. The fourth-order valence-electron chi connectivity index (χ4n) is 1.62. The van der Waals surface area contributed by atoms with E-state index in [1.54, 1.807) is 18.2 Å². The molecule has 2 aromatic carbocycles. The third kappa shape index (κ3) is 4.58. The molecule has 2 rings (SSSR count). The van der Waals surface area contributed by atoms with Crippen LogP contribution in [0.25, 0.3) is 0 Å². The van der Waals surface area contributed by atoms with Crippen LogP contribution in [0.1, 0.15) is 0 Å². The molecule has 0 spiro atoms. The van der Waals surface area contributed by atoms with Crippen molar-refractivity contribution in [3.05, 3.63) is 55.4 Å². The fraction of sp³-hybridized carbons (Fsp3) is 0.0714. The third-order valence-electron chi connectivity index (χ3n) is 2.65. The van der Waals surface area contributed by atoms with Crippen molar-refractivity contribution in [3.63, 3.8) is 0 Å². The molecule has 0 aliphatic rings. The van der Waals surface area contributed by atoms with Gasteiger partial charge in [-0.05, 0) is 30.3 Å². The molecule has 0 aliphatic carbocycles. The third-order valence-corrected chi connectivity index (χ3v) is 4.24. The highest BCUT2D eigenvalue weighted by Crippen LogP contribution is 2.32. The van der Waals surface area contributed by atoms with E-state index >= 15 is 0 Å². The van der Waals surface area contributed by atoms with E-state index in [2.05, 4.69) is 10.6 Å². The minimum Gasteiger partial charge on any atom is -0.375 e. The van der Waals surface area contributed by atoms with Crippen molar-refractivity contribution < 1.29 is 4.79 Å². The van der Waals surface area contributed by atoms with Crippen LogP contribution in [0.5, 0.6) is 0 Å². The zero-order valence-corrected chi connectivity index (χ0v) is 14.7. The van der Waals surface area contributed by atoms with Crippen LogP contribution in [-0.4, -0.2) is 12.5 Å². The van der Waals surface area contributed by atoms with Gasteiger partial charge in [0.05, 0.1) is 38.0 Å². The van der Waals surface area contributed by atoms with E-state index in [0.29, 0.717) is 36.5 Å². The normalized spacial score (nSPS) is 10.4.